The number of anilines is 3. The molecule has 4 N–H and O–H groups in total. The third-order valence-electron chi connectivity index (χ3n) is 3.80. The van der Waals surface area contributed by atoms with E-state index in [0.29, 0.717) is 17.1 Å². The molecule has 0 spiro atoms. The minimum absolute atomic E-state index is 0.0736. The van der Waals surface area contributed by atoms with E-state index in [0.717, 1.165) is 11.1 Å². The molecular weight excluding hydrogens is 314 g/mol. The number of benzene rings is 2. The molecule has 0 atom stereocenters. The molecule has 25 heavy (non-hydrogen) atoms. The maximum absolute atomic E-state index is 12.3. The second kappa shape index (κ2) is 7.38. The van der Waals surface area contributed by atoms with Crippen molar-refractivity contribution in [3.63, 3.8) is 0 Å². The van der Waals surface area contributed by atoms with Gasteiger partial charge >= 0.3 is 0 Å². The first-order valence-corrected chi connectivity index (χ1v) is 8.21. The van der Waals surface area contributed by atoms with Gasteiger partial charge in [-0.05, 0) is 42.3 Å². The van der Waals surface area contributed by atoms with E-state index in [1.807, 2.05) is 52.0 Å². The molecule has 0 aliphatic carbocycles. The normalized spacial score (nSPS) is 11.0. The summed E-state index contributed by atoms with van der Waals surface area (Å²) in [5.74, 6) is -0.192. The number of hydrogen-bond donors (Lipinski definition) is 3. The molecule has 0 unspecified atom stereocenters. The first-order valence-electron chi connectivity index (χ1n) is 8.21. The molecule has 132 valence electrons. The van der Waals surface area contributed by atoms with Crippen molar-refractivity contribution in [2.75, 3.05) is 16.4 Å². The Balaban J connectivity index is 2.08. The van der Waals surface area contributed by atoms with Crippen LogP contribution < -0.4 is 16.4 Å². The average molecular weight is 339 g/mol. The van der Waals surface area contributed by atoms with Crippen molar-refractivity contribution < 1.29 is 9.59 Å². The summed E-state index contributed by atoms with van der Waals surface area (Å²) in [4.78, 5) is 24.4. The number of nitrogen functional groups attached to an aromatic ring is 1. The summed E-state index contributed by atoms with van der Waals surface area (Å²) in [5.41, 5.74) is 9.01. The lowest BCUT2D eigenvalue weighted by atomic mass is 9.95. The van der Waals surface area contributed by atoms with Crippen LogP contribution in [0.2, 0.25) is 0 Å². The summed E-state index contributed by atoms with van der Waals surface area (Å²) in [6.45, 7) is 7.47. The van der Waals surface area contributed by atoms with Crippen molar-refractivity contribution in [2.24, 2.45) is 5.41 Å². The molecule has 5 nitrogen and oxygen atoms in total. The van der Waals surface area contributed by atoms with Crippen LogP contribution in [0.5, 0.6) is 0 Å². The van der Waals surface area contributed by atoms with Gasteiger partial charge in [-0.15, -0.1) is 0 Å². The van der Waals surface area contributed by atoms with Gasteiger partial charge in [0, 0.05) is 22.5 Å². The van der Waals surface area contributed by atoms with Crippen LogP contribution in [0.15, 0.2) is 42.5 Å². The minimum Gasteiger partial charge on any atom is -0.399 e. The molecule has 2 rings (SSSR count). The molecule has 2 aromatic carbocycles. The van der Waals surface area contributed by atoms with Crippen molar-refractivity contribution in [3.8, 4) is 0 Å². The molecular formula is C20H25N3O2. The Morgan fingerprint density at radius 2 is 1.64 bits per heavy atom. The number of aryl methyl sites for hydroxylation is 1. The Bertz CT molecular complexity index is 775. The Morgan fingerprint density at radius 3 is 2.24 bits per heavy atom. The summed E-state index contributed by atoms with van der Waals surface area (Å²) in [6.07, 6.45) is 0.262. The topological polar surface area (TPSA) is 84.2 Å². The predicted octanol–water partition coefficient (Wildman–Crippen LogP) is 3.74. The lowest BCUT2D eigenvalue weighted by Crippen LogP contribution is -2.27. The Labute approximate surface area is 148 Å². The summed E-state index contributed by atoms with van der Waals surface area (Å²) in [7, 11) is 0. The van der Waals surface area contributed by atoms with Crippen molar-refractivity contribution >= 4 is 28.9 Å². The number of carbonyl (C=O) groups excluding carboxylic acids is 2. The Kier molecular flexibility index (Phi) is 5.47. The van der Waals surface area contributed by atoms with Gasteiger partial charge < -0.3 is 16.4 Å². The summed E-state index contributed by atoms with van der Waals surface area (Å²) in [5, 5.41) is 5.78. The number of nitrogens with one attached hydrogen (secondary N) is 2. The molecule has 2 aromatic rings. The molecule has 0 aliphatic rings. The third kappa shape index (κ3) is 5.35. The van der Waals surface area contributed by atoms with Crippen LogP contribution >= 0.6 is 0 Å². The number of nitrogens with two attached hydrogens (primary N) is 1. The molecule has 0 aromatic heterocycles. The van der Waals surface area contributed by atoms with Gasteiger partial charge in [0.15, 0.2) is 0 Å². The van der Waals surface area contributed by atoms with Crippen LogP contribution in [0.3, 0.4) is 0 Å². The number of hydrogen-bond acceptors (Lipinski definition) is 3. The molecule has 0 bridgehead atoms. The lowest BCUT2D eigenvalue weighted by molar-refractivity contribution is -0.123. The van der Waals surface area contributed by atoms with E-state index >= 15 is 0 Å². The van der Waals surface area contributed by atoms with Gasteiger partial charge in [0.05, 0.1) is 6.42 Å². The van der Waals surface area contributed by atoms with E-state index in [2.05, 4.69) is 10.6 Å². The highest BCUT2D eigenvalue weighted by Crippen LogP contribution is 2.23. The van der Waals surface area contributed by atoms with Crippen LogP contribution in [0, 0.1) is 12.3 Å². The Hall–Kier alpha value is -2.82. The van der Waals surface area contributed by atoms with E-state index in [9.17, 15) is 9.59 Å². The van der Waals surface area contributed by atoms with Gasteiger partial charge in [0.1, 0.15) is 0 Å². The molecule has 2 amide bonds. The van der Waals surface area contributed by atoms with Crippen LogP contribution in [-0.4, -0.2) is 11.8 Å². The van der Waals surface area contributed by atoms with Gasteiger partial charge in [0.2, 0.25) is 11.8 Å². The quantitative estimate of drug-likeness (QED) is 0.742. The molecule has 0 aliphatic heterocycles. The van der Waals surface area contributed by atoms with Crippen LogP contribution in [0.25, 0.3) is 0 Å². The van der Waals surface area contributed by atoms with Gasteiger partial charge in [-0.3, -0.25) is 9.59 Å². The van der Waals surface area contributed by atoms with E-state index in [-0.39, 0.29) is 18.2 Å². The first-order chi connectivity index (χ1) is 11.6. The highest BCUT2D eigenvalue weighted by Gasteiger charge is 2.21. The molecule has 0 radical (unpaired) electrons. The van der Waals surface area contributed by atoms with Crippen molar-refractivity contribution in [1.29, 1.82) is 0 Å². The van der Waals surface area contributed by atoms with E-state index in [1.54, 1.807) is 18.2 Å². The molecule has 0 saturated heterocycles. The minimum atomic E-state index is -0.483. The van der Waals surface area contributed by atoms with E-state index in [4.69, 9.17) is 5.73 Å². The lowest BCUT2D eigenvalue weighted by Gasteiger charge is -2.18. The smallest absolute Gasteiger partial charge is 0.229 e. The number of amides is 2. The van der Waals surface area contributed by atoms with Crippen LogP contribution in [0.1, 0.15) is 31.9 Å². The number of carbonyl (C=O) groups is 2. The standard InChI is InChI=1S/C20H25N3O2/c1-13-5-10-16(22-19(25)20(2,3)4)12-17(13)23-18(24)11-14-6-8-15(21)9-7-14/h5-10,12H,11,21H2,1-4H3,(H,22,25)(H,23,24). The van der Waals surface area contributed by atoms with Gasteiger partial charge in [-0.1, -0.05) is 39.0 Å². The molecule has 5 heteroatoms. The third-order valence-corrected chi connectivity index (χ3v) is 3.80. The second-order valence-corrected chi connectivity index (χ2v) is 7.20. The van der Waals surface area contributed by atoms with Crippen molar-refractivity contribution in [1.82, 2.24) is 0 Å². The molecule has 0 fully saturated rings. The van der Waals surface area contributed by atoms with Crippen LogP contribution in [0.4, 0.5) is 17.1 Å². The molecule has 0 heterocycles. The summed E-state index contributed by atoms with van der Waals surface area (Å²) >= 11 is 0. The SMILES string of the molecule is Cc1ccc(NC(=O)C(C)(C)C)cc1NC(=O)Cc1ccc(N)cc1. The predicted molar refractivity (Wildman–Crippen MR) is 102 cm³/mol. The van der Waals surface area contributed by atoms with Crippen molar-refractivity contribution in [3.05, 3.63) is 53.6 Å². The maximum Gasteiger partial charge on any atom is 0.229 e. The van der Waals surface area contributed by atoms with Gasteiger partial charge in [-0.25, -0.2) is 0 Å². The number of rotatable bonds is 4. The van der Waals surface area contributed by atoms with Crippen LogP contribution in [-0.2, 0) is 16.0 Å². The summed E-state index contributed by atoms with van der Waals surface area (Å²) in [6, 6.07) is 12.7. The zero-order valence-corrected chi connectivity index (χ0v) is 15.1. The first kappa shape index (κ1) is 18.5. The monoisotopic (exact) mass is 339 g/mol. The average Bonchev–Trinajstić information content (AvgIpc) is 2.52. The zero-order valence-electron chi connectivity index (χ0n) is 15.1. The van der Waals surface area contributed by atoms with E-state index < -0.39 is 5.41 Å². The largest absolute Gasteiger partial charge is 0.399 e. The fourth-order valence-electron chi connectivity index (χ4n) is 2.17. The molecule has 0 saturated carbocycles. The highest BCUT2D eigenvalue weighted by atomic mass is 16.2. The highest BCUT2D eigenvalue weighted by molar-refractivity contribution is 5.97. The zero-order chi connectivity index (χ0) is 18.6. The fourth-order valence-corrected chi connectivity index (χ4v) is 2.17. The van der Waals surface area contributed by atoms with Gasteiger partial charge in [0.25, 0.3) is 0 Å². The fraction of sp³-hybridized carbons (Fsp3) is 0.300. The summed E-state index contributed by atoms with van der Waals surface area (Å²) < 4.78 is 0. The van der Waals surface area contributed by atoms with E-state index in [1.165, 1.54) is 0 Å². The second-order valence-electron chi connectivity index (χ2n) is 7.20. The van der Waals surface area contributed by atoms with Gasteiger partial charge in [-0.2, -0.15) is 0 Å². The maximum atomic E-state index is 12.3. The Morgan fingerprint density at radius 1 is 1.00 bits per heavy atom. The van der Waals surface area contributed by atoms with Crippen molar-refractivity contribution in [2.45, 2.75) is 34.1 Å².